The molecule has 1 aromatic carbocycles. The van der Waals surface area contributed by atoms with E-state index < -0.39 is 16.8 Å². The maximum atomic E-state index is 12.2. The zero-order valence-electron chi connectivity index (χ0n) is 9.75. The molecule has 0 fully saturated rings. The molecule has 0 spiro atoms. The third-order valence-electron chi connectivity index (χ3n) is 2.43. The van der Waals surface area contributed by atoms with Gasteiger partial charge in [-0.3, -0.25) is 9.19 Å². The van der Waals surface area contributed by atoms with E-state index in [4.69, 9.17) is 5.11 Å². The molecule has 0 aliphatic carbocycles. The van der Waals surface area contributed by atoms with Crippen molar-refractivity contribution < 1.29 is 14.1 Å². The molecule has 1 heterocycles. The van der Waals surface area contributed by atoms with Crippen LogP contribution in [0.15, 0.2) is 52.0 Å². The monoisotopic (exact) mass is 339 g/mol. The summed E-state index contributed by atoms with van der Waals surface area (Å²) < 4.78 is 13.1. The first kappa shape index (κ1) is 13.9. The van der Waals surface area contributed by atoms with E-state index >= 15 is 0 Å². The van der Waals surface area contributed by atoms with Crippen molar-refractivity contribution in [3.63, 3.8) is 0 Å². The number of pyridine rings is 1. The van der Waals surface area contributed by atoms with Gasteiger partial charge >= 0.3 is 5.97 Å². The second-order valence-electron chi connectivity index (χ2n) is 3.76. The fourth-order valence-electron chi connectivity index (χ4n) is 1.55. The molecule has 19 heavy (non-hydrogen) atoms. The van der Waals surface area contributed by atoms with Crippen molar-refractivity contribution in [1.29, 1.82) is 0 Å². The molecule has 0 amide bonds. The predicted molar refractivity (Wildman–Crippen MR) is 75.5 cm³/mol. The van der Waals surface area contributed by atoms with Gasteiger partial charge in [0, 0.05) is 10.7 Å². The lowest BCUT2D eigenvalue weighted by atomic mass is 10.2. The van der Waals surface area contributed by atoms with E-state index in [9.17, 15) is 9.00 Å². The summed E-state index contributed by atoms with van der Waals surface area (Å²) in [5.74, 6) is -0.884. The normalized spacial score (nSPS) is 12.1. The Morgan fingerprint density at radius 2 is 2.00 bits per heavy atom. The SMILES string of the molecule is O=C(O)c1ccccc1S(=O)Cc1ccc(Br)cn1. The van der Waals surface area contributed by atoms with E-state index in [1.54, 1.807) is 30.5 Å². The van der Waals surface area contributed by atoms with Crippen molar-refractivity contribution in [3.8, 4) is 0 Å². The van der Waals surface area contributed by atoms with Gasteiger partial charge in [-0.1, -0.05) is 12.1 Å². The number of benzene rings is 1. The fourth-order valence-corrected chi connectivity index (χ4v) is 3.01. The second kappa shape index (κ2) is 6.08. The van der Waals surface area contributed by atoms with Gasteiger partial charge < -0.3 is 5.11 Å². The minimum atomic E-state index is -1.43. The first-order chi connectivity index (χ1) is 9.08. The van der Waals surface area contributed by atoms with Crippen LogP contribution in [-0.4, -0.2) is 20.3 Å². The van der Waals surface area contributed by atoms with Gasteiger partial charge in [0.15, 0.2) is 0 Å². The van der Waals surface area contributed by atoms with Crippen molar-refractivity contribution in [3.05, 3.63) is 58.3 Å². The van der Waals surface area contributed by atoms with Gasteiger partial charge in [-0.25, -0.2) is 4.79 Å². The Labute approximate surface area is 121 Å². The highest BCUT2D eigenvalue weighted by atomic mass is 79.9. The number of carboxylic acids is 1. The van der Waals surface area contributed by atoms with E-state index in [1.165, 1.54) is 6.07 Å². The first-order valence-corrected chi connectivity index (χ1v) is 7.50. The Morgan fingerprint density at radius 1 is 1.26 bits per heavy atom. The lowest BCUT2D eigenvalue weighted by Crippen LogP contribution is -2.06. The van der Waals surface area contributed by atoms with Crippen LogP contribution in [-0.2, 0) is 16.6 Å². The zero-order chi connectivity index (χ0) is 13.8. The predicted octanol–water partition coefficient (Wildman–Crippen LogP) is 2.85. The van der Waals surface area contributed by atoms with Crippen LogP contribution in [0.5, 0.6) is 0 Å². The maximum absolute atomic E-state index is 12.2. The molecule has 1 aromatic heterocycles. The highest BCUT2D eigenvalue weighted by Gasteiger charge is 2.15. The number of aromatic carboxylic acids is 1. The number of carboxylic acid groups (broad SMARTS) is 1. The number of nitrogens with zero attached hydrogens (tertiary/aromatic N) is 1. The molecule has 2 rings (SSSR count). The standard InChI is InChI=1S/C13H10BrNO3S/c14-9-5-6-10(15-7-9)8-19(18)12-4-2-1-3-11(12)13(16)17/h1-7H,8H2,(H,16,17). The number of hydrogen-bond donors (Lipinski definition) is 1. The molecular formula is C13H10BrNO3S. The smallest absolute Gasteiger partial charge is 0.336 e. The van der Waals surface area contributed by atoms with Gasteiger partial charge in [-0.15, -0.1) is 0 Å². The summed E-state index contributed by atoms with van der Waals surface area (Å²) >= 11 is 3.27. The van der Waals surface area contributed by atoms with Gasteiger partial charge in [0.25, 0.3) is 0 Å². The number of rotatable bonds is 4. The molecule has 0 saturated heterocycles. The lowest BCUT2D eigenvalue weighted by Gasteiger charge is -2.05. The lowest BCUT2D eigenvalue weighted by molar-refractivity contribution is 0.0693. The van der Waals surface area contributed by atoms with Gasteiger partial charge in [0.2, 0.25) is 0 Å². The number of halogens is 1. The molecular weight excluding hydrogens is 330 g/mol. The molecule has 0 radical (unpaired) electrons. The largest absolute Gasteiger partial charge is 0.478 e. The summed E-state index contributed by atoms with van der Waals surface area (Å²) in [5.41, 5.74) is 0.722. The van der Waals surface area contributed by atoms with E-state index in [1.807, 2.05) is 6.07 Å². The Morgan fingerprint density at radius 3 is 2.63 bits per heavy atom. The summed E-state index contributed by atoms with van der Waals surface area (Å²) in [4.78, 5) is 15.5. The van der Waals surface area contributed by atoms with Crippen molar-refractivity contribution in [1.82, 2.24) is 4.98 Å². The topological polar surface area (TPSA) is 67.3 Å². The molecule has 4 nitrogen and oxygen atoms in total. The molecule has 1 N–H and O–H groups in total. The van der Waals surface area contributed by atoms with E-state index in [0.717, 1.165) is 4.47 Å². The average Bonchev–Trinajstić information content (AvgIpc) is 2.41. The van der Waals surface area contributed by atoms with Crippen LogP contribution < -0.4 is 0 Å². The minimum absolute atomic E-state index is 0.0675. The molecule has 0 saturated carbocycles. The van der Waals surface area contributed by atoms with Crippen LogP contribution in [0.2, 0.25) is 0 Å². The van der Waals surface area contributed by atoms with Crippen molar-refractivity contribution in [2.45, 2.75) is 10.6 Å². The third kappa shape index (κ3) is 3.48. The van der Waals surface area contributed by atoms with E-state index in [2.05, 4.69) is 20.9 Å². The van der Waals surface area contributed by atoms with Crippen molar-refractivity contribution in [2.75, 3.05) is 0 Å². The van der Waals surface area contributed by atoms with Crippen LogP contribution in [0.25, 0.3) is 0 Å². The Bertz CT molecular complexity index is 628. The van der Waals surface area contributed by atoms with Crippen LogP contribution in [0.3, 0.4) is 0 Å². The molecule has 0 aliphatic heterocycles. The van der Waals surface area contributed by atoms with Crippen LogP contribution in [0.1, 0.15) is 16.1 Å². The summed E-state index contributed by atoms with van der Waals surface area (Å²) in [7, 11) is -1.43. The van der Waals surface area contributed by atoms with Crippen LogP contribution in [0, 0.1) is 0 Å². The van der Waals surface area contributed by atoms with Gasteiger partial charge in [-0.2, -0.15) is 0 Å². The Kier molecular flexibility index (Phi) is 4.44. The number of hydrogen-bond acceptors (Lipinski definition) is 3. The van der Waals surface area contributed by atoms with Gasteiger partial charge in [-0.05, 0) is 40.2 Å². The third-order valence-corrected chi connectivity index (χ3v) is 4.30. The summed E-state index contributed by atoms with van der Waals surface area (Å²) in [5, 5.41) is 9.06. The van der Waals surface area contributed by atoms with Crippen molar-refractivity contribution >= 4 is 32.7 Å². The molecule has 6 heteroatoms. The molecule has 0 aliphatic rings. The first-order valence-electron chi connectivity index (χ1n) is 5.39. The highest BCUT2D eigenvalue weighted by Crippen LogP contribution is 2.17. The van der Waals surface area contributed by atoms with Crippen molar-refractivity contribution in [2.24, 2.45) is 0 Å². The number of aromatic nitrogens is 1. The van der Waals surface area contributed by atoms with E-state index in [-0.39, 0.29) is 11.3 Å². The average molecular weight is 340 g/mol. The van der Waals surface area contributed by atoms with Gasteiger partial charge in [0.05, 0.1) is 32.7 Å². The molecule has 0 bridgehead atoms. The summed E-state index contributed by atoms with van der Waals surface area (Å²) in [6, 6.07) is 9.87. The van der Waals surface area contributed by atoms with Gasteiger partial charge in [0.1, 0.15) is 0 Å². The quantitative estimate of drug-likeness (QED) is 0.929. The maximum Gasteiger partial charge on any atom is 0.336 e. The summed E-state index contributed by atoms with van der Waals surface area (Å²) in [6.45, 7) is 0. The fraction of sp³-hybridized carbons (Fsp3) is 0.0769. The zero-order valence-corrected chi connectivity index (χ0v) is 12.1. The molecule has 98 valence electrons. The number of carbonyl (C=O) groups is 1. The summed E-state index contributed by atoms with van der Waals surface area (Å²) in [6.07, 6.45) is 1.62. The van der Waals surface area contributed by atoms with Crippen LogP contribution >= 0.6 is 15.9 Å². The highest BCUT2D eigenvalue weighted by molar-refractivity contribution is 9.10. The Hall–Kier alpha value is -1.53. The van der Waals surface area contributed by atoms with Crippen LogP contribution in [0.4, 0.5) is 0 Å². The second-order valence-corrected chi connectivity index (χ2v) is 6.09. The Balaban J connectivity index is 2.25. The van der Waals surface area contributed by atoms with E-state index in [0.29, 0.717) is 10.6 Å². The molecule has 2 aromatic rings. The minimum Gasteiger partial charge on any atom is -0.478 e. The molecule has 1 unspecified atom stereocenters. The molecule has 1 atom stereocenters.